The molecule has 1 aromatic rings. The van der Waals surface area contributed by atoms with Crippen molar-refractivity contribution >= 4 is 11.8 Å². The zero-order valence-electron chi connectivity index (χ0n) is 8.77. The van der Waals surface area contributed by atoms with Gasteiger partial charge in [-0.05, 0) is 12.0 Å². The van der Waals surface area contributed by atoms with Gasteiger partial charge in [-0.15, -0.1) is 0 Å². The average molecular weight is 228 g/mol. The molecule has 1 atom stereocenters. The summed E-state index contributed by atoms with van der Waals surface area (Å²) in [5, 5.41) is 20.4. The van der Waals surface area contributed by atoms with E-state index < -0.39 is 11.8 Å². The molecular formula is C10H13FN2O3. The number of carbonyl (C=O) groups is 1. The van der Waals surface area contributed by atoms with Gasteiger partial charge in [0.05, 0.1) is 6.20 Å². The lowest BCUT2D eigenvalue weighted by molar-refractivity contribution is 0.0697. The highest BCUT2D eigenvalue weighted by molar-refractivity contribution is 5.93. The fourth-order valence-electron chi connectivity index (χ4n) is 1.08. The first-order valence-electron chi connectivity index (χ1n) is 4.78. The third kappa shape index (κ3) is 3.16. The number of nitrogens with zero attached hydrogens (tertiary/aromatic N) is 1. The summed E-state index contributed by atoms with van der Waals surface area (Å²) in [4.78, 5) is 14.4. The largest absolute Gasteiger partial charge is 0.478 e. The normalized spacial score (nSPS) is 12.2. The number of aliphatic hydroxyl groups is 1. The number of aliphatic hydroxyl groups excluding tert-OH is 1. The van der Waals surface area contributed by atoms with Crippen LogP contribution in [-0.2, 0) is 0 Å². The maximum Gasteiger partial charge on any atom is 0.339 e. The molecule has 0 saturated heterocycles. The smallest absolute Gasteiger partial charge is 0.339 e. The Bertz CT molecular complexity index is 384. The fraction of sp³-hybridized carbons (Fsp3) is 0.400. The van der Waals surface area contributed by atoms with Crippen LogP contribution in [0, 0.1) is 11.7 Å². The number of pyridine rings is 1. The summed E-state index contributed by atoms with van der Waals surface area (Å²) in [6.45, 7) is 2.14. The van der Waals surface area contributed by atoms with Gasteiger partial charge in [0.15, 0.2) is 0 Å². The number of aromatic nitrogens is 1. The molecular weight excluding hydrogens is 215 g/mol. The number of hydrogen-bond donors (Lipinski definition) is 3. The molecule has 1 unspecified atom stereocenters. The van der Waals surface area contributed by atoms with Gasteiger partial charge in [0.2, 0.25) is 0 Å². The minimum absolute atomic E-state index is 0.0173. The third-order valence-electron chi connectivity index (χ3n) is 2.01. The van der Waals surface area contributed by atoms with Crippen LogP contribution in [0.4, 0.5) is 10.2 Å². The molecule has 0 aliphatic heterocycles. The van der Waals surface area contributed by atoms with Gasteiger partial charge in [0.25, 0.3) is 0 Å². The second-order valence-electron chi connectivity index (χ2n) is 3.52. The molecule has 0 amide bonds. The number of carboxylic acids is 1. The van der Waals surface area contributed by atoms with E-state index in [-0.39, 0.29) is 23.9 Å². The predicted molar refractivity (Wildman–Crippen MR) is 55.9 cm³/mol. The molecule has 88 valence electrons. The van der Waals surface area contributed by atoms with Gasteiger partial charge in [0.1, 0.15) is 17.2 Å². The van der Waals surface area contributed by atoms with Gasteiger partial charge in [-0.2, -0.15) is 0 Å². The van der Waals surface area contributed by atoms with Crippen LogP contribution in [0.15, 0.2) is 12.3 Å². The number of anilines is 1. The Labute approximate surface area is 91.9 Å². The van der Waals surface area contributed by atoms with Crippen molar-refractivity contribution in [2.24, 2.45) is 5.92 Å². The molecule has 16 heavy (non-hydrogen) atoms. The van der Waals surface area contributed by atoms with E-state index in [4.69, 9.17) is 10.2 Å². The van der Waals surface area contributed by atoms with E-state index in [1.807, 2.05) is 0 Å². The molecule has 1 rings (SSSR count). The molecule has 5 nitrogen and oxygen atoms in total. The van der Waals surface area contributed by atoms with Gasteiger partial charge < -0.3 is 15.5 Å². The summed E-state index contributed by atoms with van der Waals surface area (Å²) < 4.78 is 12.8. The second-order valence-corrected chi connectivity index (χ2v) is 3.52. The van der Waals surface area contributed by atoms with Crippen LogP contribution in [0.5, 0.6) is 0 Å². The summed E-state index contributed by atoms with van der Waals surface area (Å²) in [6.07, 6.45) is 0.943. The maximum absolute atomic E-state index is 12.8. The van der Waals surface area contributed by atoms with E-state index >= 15 is 0 Å². The van der Waals surface area contributed by atoms with E-state index in [1.165, 1.54) is 0 Å². The molecule has 0 aliphatic carbocycles. The predicted octanol–water partition coefficient (Wildman–Crippen LogP) is 0.959. The lowest BCUT2D eigenvalue weighted by Crippen LogP contribution is -2.17. The van der Waals surface area contributed by atoms with Gasteiger partial charge in [-0.25, -0.2) is 14.2 Å². The van der Waals surface area contributed by atoms with Crippen LogP contribution in [0.2, 0.25) is 0 Å². The summed E-state index contributed by atoms with van der Waals surface area (Å²) in [6, 6.07) is 0.904. The Morgan fingerprint density at radius 2 is 2.38 bits per heavy atom. The second kappa shape index (κ2) is 5.41. The third-order valence-corrected chi connectivity index (χ3v) is 2.01. The van der Waals surface area contributed by atoms with Gasteiger partial charge in [-0.3, -0.25) is 0 Å². The number of hydrogen-bond acceptors (Lipinski definition) is 4. The first-order chi connectivity index (χ1) is 7.54. The van der Waals surface area contributed by atoms with Crippen LogP contribution in [-0.4, -0.2) is 34.3 Å². The van der Waals surface area contributed by atoms with Crippen molar-refractivity contribution < 1.29 is 19.4 Å². The highest BCUT2D eigenvalue weighted by Gasteiger charge is 2.13. The highest BCUT2D eigenvalue weighted by atomic mass is 19.1. The average Bonchev–Trinajstić information content (AvgIpc) is 2.26. The van der Waals surface area contributed by atoms with Crippen LogP contribution in [0.3, 0.4) is 0 Å². The summed E-state index contributed by atoms with van der Waals surface area (Å²) in [5.74, 6) is -1.87. The van der Waals surface area contributed by atoms with Crippen molar-refractivity contribution in [2.75, 3.05) is 18.5 Å². The van der Waals surface area contributed by atoms with Crippen molar-refractivity contribution in [2.45, 2.75) is 6.92 Å². The van der Waals surface area contributed by atoms with E-state index in [0.29, 0.717) is 6.54 Å². The monoisotopic (exact) mass is 228 g/mol. The highest BCUT2D eigenvalue weighted by Crippen LogP contribution is 2.13. The Kier molecular flexibility index (Phi) is 4.19. The minimum Gasteiger partial charge on any atom is -0.478 e. The Morgan fingerprint density at radius 3 is 2.94 bits per heavy atom. The molecule has 0 bridgehead atoms. The molecule has 3 N–H and O–H groups in total. The molecule has 0 spiro atoms. The van der Waals surface area contributed by atoms with Crippen molar-refractivity contribution in [3.05, 3.63) is 23.6 Å². The molecule has 0 saturated carbocycles. The Morgan fingerprint density at radius 1 is 1.69 bits per heavy atom. The molecule has 1 aromatic heterocycles. The van der Waals surface area contributed by atoms with E-state index in [2.05, 4.69) is 10.3 Å². The number of halogens is 1. The zero-order chi connectivity index (χ0) is 12.1. The minimum atomic E-state index is -1.24. The van der Waals surface area contributed by atoms with E-state index in [0.717, 1.165) is 12.3 Å². The molecule has 1 heterocycles. The molecule has 0 aromatic carbocycles. The first-order valence-corrected chi connectivity index (χ1v) is 4.78. The number of nitrogens with one attached hydrogen (secondary N) is 1. The van der Waals surface area contributed by atoms with Crippen LogP contribution < -0.4 is 5.32 Å². The quantitative estimate of drug-likeness (QED) is 0.699. The molecule has 0 fully saturated rings. The summed E-state index contributed by atoms with van der Waals surface area (Å²) >= 11 is 0. The van der Waals surface area contributed by atoms with E-state index in [1.54, 1.807) is 6.92 Å². The van der Waals surface area contributed by atoms with Crippen LogP contribution in [0.25, 0.3) is 0 Å². The topological polar surface area (TPSA) is 82.5 Å². The van der Waals surface area contributed by atoms with Crippen molar-refractivity contribution in [1.29, 1.82) is 0 Å². The number of carboxylic acid groups (broad SMARTS) is 1. The molecule has 0 radical (unpaired) electrons. The fourth-order valence-corrected chi connectivity index (χ4v) is 1.08. The molecule has 6 heteroatoms. The van der Waals surface area contributed by atoms with Gasteiger partial charge in [-0.1, -0.05) is 6.92 Å². The maximum atomic E-state index is 12.8. The van der Waals surface area contributed by atoms with Crippen molar-refractivity contribution in [1.82, 2.24) is 4.98 Å². The van der Waals surface area contributed by atoms with Crippen LogP contribution in [0.1, 0.15) is 17.3 Å². The van der Waals surface area contributed by atoms with E-state index in [9.17, 15) is 9.18 Å². The zero-order valence-corrected chi connectivity index (χ0v) is 8.77. The van der Waals surface area contributed by atoms with Gasteiger partial charge in [0, 0.05) is 13.2 Å². The molecule has 0 aliphatic rings. The Hall–Kier alpha value is -1.69. The summed E-state index contributed by atoms with van der Waals surface area (Å²) in [7, 11) is 0. The lowest BCUT2D eigenvalue weighted by Gasteiger charge is -2.11. The number of rotatable bonds is 5. The van der Waals surface area contributed by atoms with Gasteiger partial charge >= 0.3 is 5.97 Å². The lowest BCUT2D eigenvalue weighted by atomic mass is 10.2. The Balaban J connectivity index is 2.82. The van der Waals surface area contributed by atoms with Crippen molar-refractivity contribution in [3.8, 4) is 0 Å². The first kappa shape index (κ1) is 12.4. The van der Waals surface area contributed by atoms with Crippen molar-refractivity contribution in [3.63, 3.8) is 0 Å². The van der Waals surface area contributed by atoms with Crippen LogP contribution >= 0.6 is 0 Å². The summed E-state index contributed by atoms with van der Waals surface area (Å²) in [5.41, 5.74) is -0.217. The number of aromatic carboxylic acids is 1. The SMILES string of the molecule is CC(CO)CNc1ncc(F)cc1C(=O)O. The standard InChI is InChI=1S/C10H13FN2O3/c1-6(5-14)3-12-9-8(10(15)16)2-7(11)4-13-9/h2,4,6,14H,3,5H2,1H3,(H,12,13)(H,15,16).